The normalized spacial score (nSPS) is 11.3. The molecule has 0 aliphatic rings. The van der Waals surface area contributed by atoms with Gasteiger partial charge < -0.3 is 10.1 Å². The van der Waals surface area contributed by atoms with Gasteiger partial charge in [0.1, 0.15) is 5.75 Å². The first kappa shape index (κ1) is 13.8. The van der Waals surface area contributed by atoms with Gasteiger partial charge in [0.05, 0.1) is 16.6 Å². The van der Waals surface area contributed by atoms with E-state index in [1.54, 1.807) is 24.5 Å². The van der Waals surface area contributed by atoms with Gasteiger partial charge in [-0.1, -0.05) is 11.8 Å². The van der Waals surface area contributed by atoms with Gasteiger partial charge in [-0.25, -0.2) is 24.1 Å². The van der Waals surface area contributed by atoms with Crippen LogP contribution in [0.25, 0.3) is 27.8 Å². The molecule has 4 aromatic rings. The van der Waals surface area contributed by atoms with E-state index in [1.807, 2.05) is 6.26 Å². The van der Waals surface area contributed by atoms with E-state index >= 15 is 0 Å². The van der Waals surface area contributed by atoms with Crippen LogP contribution in [0, 0.1) is 0 Å². The van der Waals surface area contributed by atoms with E-state index in [9.17, 15) is 9.90 Å². The van der Waals surface area contributed by atoms with Crippen LogP contribution in [-0.4, -0.2) is 35.7 Å². The summed E-state index contributed by atoms with van der Waals surface area (Å²) < 4.78 is 1.44. The van der Waals surface area contributed by atoms with Gasteiger partial charge in [0.2, 0.25) is 0 Å². The first-order valence-electron chi connectivity index (χ1n) is 6.78. The molecule has 23 heavy (non-hydrogen) atoms. The van der Waals surface area contributed by atoms with E-state index in [0.29, 0.717) is 33.0 Å². The van der Waals surface area contributed by atoms with Gasteiger partial charge in [-0.3, -0.25) is 0 Å². The number of hydrogen-bond donors (Lipinski definition) is 2. The number of hydrogen-bond acceptors (Lipinski definition) is 6. The zero-order valence-corrected chi connectivity index (χ0v) is 12.8. The Morgan fingerprint density at radius 3 is 2.87 bits per heavy atom. The Bertz CT molecular complexity index is 1100. The minimum Gasteiger partial charge on any atom is -0.507 e. The summed E-state index contributed by atoms with van der Waals surface area (Å²) in [5.74, 6) is 0.0532. The third-order valence-corrected chi connectivity index (χ3v) is 4.15. The van der Waals surface area contributed by atoms with Gasteiger partial charge in [-0.15, -0.1) is 0 Å². The predicted octanol–water partition coefficient (Wildman–Crippen LogP) is 2.06. The van der Waals surface area contributed by atoms with Gasteiger partial charge >= 0.3 is 5.69 Å². The van der Waals surface area contributed by atoms with Crippen LogP contribution in [0.2, 0.25) is 0 Å². The molecule has 8 heteroatoms. The highest BCUT2D eigenvalue weighted by Crippen LogP contribution is 2.37. The molecule has 0 unspecified atom stereocenters. The number of thioether (sulfide) groups is 1. The summed E-state index contributed by atoms with van der Waals surface area (Å²) in [5.41, 5.74) is 1.99. The maximum atomic E-state index is 12.2. The number of pyridine rings is 1. The highest BCUT2D eigenvalue weighted by molar-refractivity contribution is 7.98. The van der Waals surface area contributed by atoms with Crippen molar-refractivity contribution < 1.29 is 5.11 Å². The Morgan fingerprint density at radius 2 is 2.04 bits per heavy atom. The zero-order chi connectivity index (χ0) is 16.0. The lowest BCUT2D eigenvalue weighted by Gasteiger charge is -2.02. The number of fused-ring (bicyclic) bond motifs is 3. The number of H-pyrrole nitrogens is 1. The molecule has 0 atom stereocenters. The Kier molecular flexibility index (Phi) is 3.05. The van der Waals surface area contributed by atoms with Crippen LogP contribution in [0.5, 0.6) is 5.75 Å². The molecule has 0 bridgehead atoms. The fourth-order valence-electron chi connectivity index (χ4n) is 2.66. The van der Waals surface area contributed by atoms with E-state index < -0.39 is 0 Å². The molecule has 0 amide bonds. The summed E-state index contributed by atoms with van der Waals surface area (Å²) in [6.07, 6.45) is 6.57. The molecule has 0 aromatic carbocycles. The van der Waals surface area contributed by atoms with Gasteiger partial charge in [0, 0.05) is 24.2 Å². The monoisotopic (exact) mass is 325 g/mol. The SMILES string of the molecule is CSc1nccc(-c2c3c(O)ccnc3n3c(=O)[nH]ccc23)n1. The number of nitrogens with zero attached hydrogens (tertiary/aromatic N) is 4. The van der Waals surface area contributed by atoms with E-state index in [4.69, 9.17) is 0 Å². The highest BCUT2D eigenvalue weighted by Gasteiger charge is 2.20. The van der Waals surface area contributed by atoms with Crippen molar-refractivity contribution in [1.29, 1.82) is 0 Å². The molecule has 0 radical (unpaired) electrons. The van der Waals surface area contributed by atoms with Crippen LogP contribution in [-0.2, 0) is 0 Å². The summed E-state index contributed by atoms with van der Waals surface area (Å²) in [6, 6.07) is 5.01. The Morgan fingerprint density at radius 1 is 1.22 bits per heavy atom. The fraction of sp³-hybridized carbons (Fsp3) is 0.0667. The van der Waals surface area contributed by atoms with Gasteiger partial charge in [0.15, 0.2) is 10.8 Å². The Hall–Kier alpha value is -2.87. The standard InChI is InChI=1S/C15H11N5O2S/c1-23-14-17-5-2-8(19-14)11-9-3-6-18-15(22)20(9)13-12(11)10(21)4-7-16-13/h2-7H,1H3,(H,16,21)(H,18,22). The van der Waals surface area contributed by atoms with Crippen molar-refractivity contribution in [2.75, 3.05) is 6.26 Å². The Balaban J connectivity index is 2.24. The molecule has 0 saturated heterocycles. The molecule has 4 heterocycles. The number of rotatable bonds is 2. The first-order chi connectivity index (χ1) is 11.2. The molecule has 2 N–H and O–H groups in total. The summed E-state index contributed by atoms with van der Waals surface area (Å²) in [4.78, 5) is 27.8. The summed E-state index contributed by atoms with van der Waals surface area (Å²) in [6.45, 7) is 0. The summed E-state index contributed by atoms with van der Waals surface area (Å²) >= 11 is 1.42. The number of aromatic hydroxyl groups is 1. The maximum absolute atomic E-state index is 12.2. The second-order valence-corrected chi connectivity index (χ2v) is 5.61. The van der Waals surface area contributed by atoms with Crippen molar-refractivity contribution in [3.63, 3.8) is 0 Å². The van der Waals surface area contributed by atoms with Crippen molar-refractivity contribution in [3.8, 4) is 17.0 Å². The van der Waals surface area contributed by atoms with Gasteiger partial charge in [0.25, 0.3) is 0 Å². The minimum atomic E-state index is -0.323. The topological polar surface area (TPSA) is 96.2 Å². The number of aromatic nitrogens is 5. The quantitative estimate of drug-likeness (QED) is 0.432. The summed E-state index contributed by atoms with van der Waals surface area (Å²) in [7, 11) is 0. The van der Waals surface area contributed by atoms with E-state index in [-0.39, 0.29) is 11.4 Å². The van der Waals surface area contributed by atoms with Gasteiger partial charge in [-0.2, -0.15) is 0 Å². The first-order valence-corrected chi connectivity index (χ1v) is 8.00. The predicted molar refractivity (Wildman–Crippen MR) is 87.8 cm³/mol. The smallest absolute Gasteiger partial charge is 0.331 e. The fourth-order valence-corrected chi connectivity index (χ4v) is 3.02. The van der Waals surface area contributed by atoms with E-state index in [0.717, 1.165) is 0 Å². The molecular formula is C15H11N5O2S. The second-order valence-electron chi connectivity index (χ2n) is 4.84. The van der Waals surface area contributed by atoms with Crippen molar-refractivity contribution in [2.24, 2.45) is 0 Å². The van der Waals surface area contributed by atoms with Crippen LogP contribution in [0.3, 0.4) is 0 Å². The molecular weight excluding hydrogens is 314 g/mol. The highest BCUT2D eigenvalue weighted by atomic mass is 32.2. The zero-order valence-electron chi connectivity index (χ0n) is 12.0. The van der Waals surface area contributed by atoms with Crippen LogP contribution in [0.1, 0.15) is 0 Å². The average molecular weight is 325 g/mol. The lowest BCUT2D eigenvalue weighted by Crippen LogP contribution is -2.14. The molecule has 0 spiro atoms. The maximum Gasteiger partial charge on any atom is 0.331 e. The van der Waals surface area contributed by atoms with Crippen molar-refractivity contribution in [2.45, 2.75) is 5.16 Å². The number of nitrogens with one attached hydrogen (secondary N) is 1. The summed E-state index contributed by atoms with van der Waals surface area (Å²) in [5, 5.41) is 11.4. The second kappa shape index (κ2) is 5.10. The molecule has 114 valence electrons. The van der Waals surface area contributed by atoms with Crippen LogP contribution in [0.4, 0.5) is 0 Å². The number of aromatic amines is 1. The molecule has 7 nitrogen and oxygen atoms in total. The average Bonchev–Trinajstić information content (AvgIpc) is 2.92. The van der Waals surface area contributed by atoms with E-state index in [1.165, 1.54) is 28.4 Å². The molecule has 0 aliphatic carbocycles. The van der Waals surface area contributed by atoms with E-state index in [2.05, 4.69) is 19.9 Å². The molecule has 0 aliphatic heterocycles. The minimum absolute atomic E-state index is 0.0532. The Labute approximate surface area is 134 Å². The molecule has 0 fully saturated rings. The van der Waals surface area contributed by atoms with Crippen molar-refractivity contribution in [1.82, 2.24) is 24.3 Å². The third-order valence-electron chi connectivity index (χ3n) is 3.59. The molecule has 4 rings (SSSR count). The van der Waals surface area contributed by atoms with Gasteiger partial charge in [-0.05, 0) is 24.5 Å². The van der Waals surface area contributed by atoms with Crippen molar-refractivity contribution in [3.05, 3.63) is 47.3 Å². The van der Waals surface area contributed by atoms with Crippen LogP contribution in [0.15, 0.2) is 46.7 Å². The third kappa shape index (κ3) is 1.99. The molecule has 0 saturated carbocycles. The lowest BCUT2D eigenvalue weighted by molar-refractivity contribution is 0.481. The largest absolute Gasteiger partial charge is 0.507 e. The van der Waals surface area contributed by atoms with Crippen LogP contribution < -0.4 is 5.69 Å². The van der Waals surface area contributed by atoms with Crippen LogP contribution >= 0.6 is 11.8 Å². The molecule has 4 aromatic heterocycles. The van der Waals surface area contributed by atoms with Crippen molar-refractivity contribution >= 4 is 28.3 Å². The lowest BCUT2D eigenvalue weighted by atomic mass is 10.1.